The second kappa shape index (κ2) is 3.68. The van der Waals surface area contributed by atoms with Gasteiger partial charge in [0.05, 0.1) is 13.2 Å². The van der Waals surface area contributed by atoms with Gasteiger partial charge in [-0.25, -0.2) is 0 Å². The van der Waals surface area contributed by atoms with Gasteiger partial charge in [0, 0.05) is 12.6 Å². The van der Waals surface area contributed by atoms with Gasteiger partial charge in [0.15, 0.2) is 0 Å². The van der Waals surface area contributed by atoms with Gasteiger partial charge >= 0.3 is 0 Å². The Kier molecular flexibility index (Phi) is 2.83. The maximum absolute atomic E-state index is 10.1. The summed E-state index contributed by atoms with van der Waals surface area (Å²) in [5.74, 6) is 0. The highest BCUT2D eigenvalue weighted by Crippen LogP contribution is 2.08. The van der Waals surface area contributed by atoms with Crippen molar-refractivity contribution in [2.45, 2.75) is 12.5 Å². The number of hydrogen-bond donors (Lipinski definition) is 0. The minimum Gasteiger partial charge on any atom is -0.380 e. The van der Waals surface area contributed by atoms with E-state index in [1.54, 1.807) is 0 Å². The van der Waals surface area contributed by atoms with Gasteiger partial charge in [-0.3, -0.25) is 4.90 Å². The molecule has 3 nitrogen and oxygen atoms in total. The van der Waals surface area contributed by atoms with Crippen molar-refractivity contribution in [1.82, 2.24) is 4.90 Å². The van der Waals surface area contributed by atoms with E-state index < -0.39 is 0 Å². The fourth-order valence-electron chi connectivity index (χ4n) is 1.14. The zero-order chi connectivity index (χ0) is 7.40. The molecule has 0 spiro atoms. The fourth-order valence-corrected chi connectivity index (χ4v) is 1.14. The third-order valence-corrected chi connectivity index (χ3v) is 1.89. The van der Waals surface area contributed by atoms with Gasteiger partial charge in [0.25, 0.3) is 0 Å². The monoisotopic (exact) mass is 143 g/mol. The van der Waals surface area contributed by atoms with Crippen molar-refractivity contribution in [3.63, 3.8) is 0 Å². The summed E-state index contributed by atoms with van der Waals surface area (Å²) in [5.41, 5.74) is 0. The summed E-state index contributed by atoms with van der Waals surface area (Å²) < 4.78 is 5.17. The van der Waals surface area contributed by atoms with E-state index in [2.05, 4.69) is 0 Å². The molecule has 0 saturated carbocycles. The molecule has 0 aromatic rings. The van der Waals surface area contributed by atoms with Crippen LogP contribution in [0.3, 0.4) is 0 Å². The average molecular weight is 143 g/mol. The van der Waals surface area contributed by atoms with Crippen molar-refractivity contribution in [3.8, 4) is 0 Å². The van der Waals surface area contributed by atoms with Crippen molar-refractivity contribution in [2.75, 3.05) is 26.8 Å². The Morgan fingerprint density at radius 3 is 3.10 bits per heavy atom. The minimum atomic E-state index is 0.463. The number of rotatable bonds is 3. The smallest absolute Gasteiger partial charge is 0.133 e. The lowest BCUT2D eigenvalue weighted by Gasteiger charge is -2.19. The average Bonchev–Trinajstić information content (AvgIpc) is 2.38. The van der Waals surface area contributed by atoms with Crippen LogP contribution < -0.4 is 0 Å². The van der Waals surface area contributed by atoms with E-state index >= 15 is 0 Å². The molecule has 1 aliphatic heterocycles. The molecule has 10 heavy (non-hydrogen) atoms. The summed E-state index contributed by atoms with van der Waals surface area (Å²) in [5, 5.41) is 0. The molecule has 1 unspecified atom stereocenters. The van der Waals surface area contributed by atoms with Gasteiger partial charge in [-0.15, -0.1) is 0 Å². The van der Waals surface area contributed by atoms with E-state index in [9.17, 15) is 4.79 Å². The molecule has 3 heteroatoms. The predicted molar refractivity (Wildman–Crippen MR) is 37.9 cm³/mol. The van der Waals surface area contributed by atoms with Crippen LogP contribution in [0.1, 0.15) is 6.42 Å². The first-order chi connectivity index (χ1) is 4.84. The van der Waals surface area contributed by atoms with Crippen LogP contribution in [0.15, 0.2) is 0 Å². The van der Waals surface area contributed by atoms with E-state index in [0.29, 0.717) is 12.6 Å². The zero-order valence-corrected chi connectivity index (χ0v) is 6.25. The van der Waals surface area contributed by atoms with Crippen LogP contribution in [0.2, 0.25) is 0 Å². The number of ether oxygens (including phenoxy) is 1. The van der Waals surface area contributed by atoms with E-state index in [4.69, 9.17) is 4.74 Å². The van der Waals surface area contributed by atoms with E-state index in [1.165, 1.54) is 0 Å². The van der Waals surface area contributed by atoms with Gasteiger partial charge in [-0.05, 0) is 13.5 Å². The molecule has 0 bridgehead atoms. The summed E-state index contributed by atoms with van der Waals surface area (Å²) >= 11 is 0. The number of likely N-dealkylation sites (N-methyl/N-ethyl adjacent to an activating group) is 1. The summed E-state index contributed by atoms with van der Waals surface area (Å²) in [7, 11) is 1.95. The third-order valence-electron chi connectivity index (χ3n) is 1.89. The Morgan fingerprint density at radius 1 is 1.80 bits per heavy atom. The minimum absolute atomic E-state index is 0.463. The topological polar surface area (TPSA) is 29.5 Å². The molecule has 58 valence electrons. The van der Waals surface area contributed by atoms with Crippen LogP contribution >= 0.6 is 0 Å². The fraction of sp³-hybridized carbons (Fsp3) is 0.857. The van der Waals surface area contributed by atoms with Crippen molar-refractivity contribution < 1.29 is 9.53 Å². The van der Waals surface area contributed by atoms with E-state index in [0.717, 1.165) is 25.9 Å². The number of nitrogens with zero attached hydrogens (tertiary/aromatic N) is 1. The van der Waals surface area contributed by atoms with Crippen LogP contribution in [0.4, 0.5) is 0 Å². The zero-order valence-electron chi connectivity index (χ0n) is 6.25. The third kappa shape index (κ3) is 1.78. The summed E-state index contributed by atoms with van der Waals surface area (Å²) in [6.07, 6.45) is 1.99. The highest BCUT2D eigenvalue weighted by molar-refractivity contribution is 5.51. The SMILES string of the molecule is CN(CC=O)C1CCOC1. The molecule has 0 aliphatic carbocycles. The molecule has 1 rings (SSSR count). The molecule has 0 aromatic carbocycles. The Labute approximate surface area is 61.0 Å². The maximum Gasteiger partial charge on any atom is 0.133 e. The van der Waals surface area contributed by atoms with E-state index in [1.807, 2.05) is 11.9 Å². The van der Waals surface area contributed by atoms with Crippen LogP contribution in [0.25, 0.3) is 0 Å². The first-order valence-corrected chi connectivity index (χ1v) is 3.56. The molecular weight excluding hydrogens is 130 g/mol. The number of carbonyl (C=O) groups excluding carboxylic acids is 1. The predicted octanol–water partition coefficient (Wildman–Crippen LogP) is -0.0940. The highest BCUT2D eigenvalue weighted by atomic mass is 16.5. The number of carbonyl (C=O) groups is 1. The molecule has 0 radical (unpaired) electrons. The second-order valence-corrected chi connectivity index (χ2v) is 2.62. The van der Waals surface area contributed by atoms with E-state index in [-0.39, 0.29) is 0 Å². The van der Waals surface area contributed by atoms with Gasteiger partial charge < -0.3 is 9.53 Å². The molecule has 1 saturated heterocycles. The lowest BCUT2D eigenvalue weighted by atomic mass is 10.2. The Bertz CT molecular complexity index is 110. The molecule has 1 heterocycles. The van der Waals surface area contributed by atoms with Gasteiger partial charge in [0.1, 0.15) is 6.29 Å². The van der Waals surface area contributed by atoms with Gasteiger partial charge in [-0.1, -0.05) is 0 Å². The van der Waals surface area contributed by atoms with Crippen LogP contribution in [0, 0.1) is 0 Å². The van der Waals surface area contributed by atoms with Crippen molar-refractivity contribution in [3.05, 3.63) is 0 Å². The van der Waals surface area contributed by atoms with Crippen LogP contribution in [0.5, 0.6) is 0 Å². The first kappa shape index (κ1) is 7.69. The molecule has 1 fully saturated rings. The molecule has 0 aromatic heterocycles. The van der Waals surface area contributed by atoms with Crippen LogP contribution in [-0.4, -0.2) is 44.0 Å². The molecule has 1 aliphatic rings. The maximum atomic E-state index is 10.1. The number of hydrogen-bond acceptors (Lipinski definition) is 3. The lowest BCUT2D eigenvalue weighted by molar-refractivity contribution is -0.109. The van der Waals surface area contributed by atoms with Crippen molar-refractivity contribution in [1.29, 1.82) is 0 Å². The number of aldehydes is 1. The molecule has 1 atom stereocenters. The van der Waals surface area contributed by atoms with Gasteiger partial charge in [0.2, 0.25) is 0 Å². The standard InChI is InChI=1S/C7H13NO2/c1-8(3-4-9)7-2-5-10-6-7/h4,7H,2-3,5-6H2,1H3. The first-order valence-electron chi connectivity index (χ1n) is 3.56. The largest absolute Gasteiger partial charge is 0.380 e. The van der Waals surface area contributed by atoms with Crippen LogP contribution in [-0.2, 0) is 9.53 Å². The summed E-state index contributed by atoms with van der Waals surface area (Å²) in [6.45, 7) is 2.15. The Morgan fingerprint density at radius 2 is 2.60 bits per heavy atom. The highest BCUT2D eigenvalue weighted by Gasteiger charge is 2.19. The van der Waals surface area contributed by atoms with Crippen molar-refractivity contribution >= 4 is 6.29 Å². The van der Waals surface area contributed by atoms with Crippen molar-refractivity contribution in [2.24, 2.45) is 0 Å². The normalized spacial score (nSPS) is 25.6. The second-order valence-electron chi connectivity index (χ2n) is 2.62. The molecule has 0 amide bonds. The lowest BCUT2D eigenvalue weighted by Crippen LogP contribution is -2.33. The quantitative estimate of drug-likeness (QED) is 0.517. The summed E-state index contributed by atoms with van der Waals surface area (Å²) in [6, 6.07) is 0.463. The molecule has 0 N–H and O–H groups in total. The Hall–Kier alpha value is -0.410. The molecular formula is C7H13NO2. The van der Waals surface area contributed by atoms with Gasteiger partial charge in [-0.2, -0.15) is 0 Å². The summed E-state index contributed by atoms with van der Waals surface area (Å²) in [4.78, 5) is 12.1. The Balaban J connectivity index is 2.24.